The highest BCUT2D eigenvalue weighted by Gasteiger charge is 2.09. The van der Waals surface area contributed by atoms with E-state index in [0.717, 1.165) is 0 Å². The van der Waals surface area contributed by atoms with E-state index in [2.05, 4.69) is 0 Å². The minimum atomic E-state index is -0.443. The summed E-state index contributed by atoms with van der Waals surface area (Å²) in [7, 11) is 0. The number of aliphatic hydroxyl groups is 1. The number of aliphatic hydroxyl groups excluding tert-OH is 1. The van der Waals surface area contributed by atoms with E-state index in [9.17, 15) is 4.39 Å². The van der Waals surface area contributed by atoms with Gasteiger partial charge in [-0.2, -0.15) is 0 Å². The summed E-state index contributed by atoms with van der Waals surface area (Å²) in [6.07, 6.45) is 0. The Balaban J connectivity index is 2.44. The second kappa shape index (κ2) is 4.04. The minimum Gasteiger partial charge on any atom is -0.459 e. The van der Waals surface area contributed by atoms with Crippen molar-refractivity contribution >= 4 is 11.6 Å². The molecule has 0 radical (unpaired) electrons. The van der Waals surface area contributed by atoms with Crippen LogP contribution in [0, 0.1) is 5.82 Å². The van der Waals surface area contributed by atoms with Gasteiger partial charge in [0.1, 0.15) is 23.9 Å². The zero-order valence-electron chi connectivity index (χ0n) is 7.71. The van der Waals surface area contributed by atoms with Gasteiger partial charge in [-0.3, -0.25) is 0 Å². The van der Waals surface area contributed by atoms with E-state index in [-0.39, 0.29) is 6.61 Å². The van der Waals surface area contributed by atoms with Gasteiger partial charge in [-0.05, 0) is 30.3 Å². The van der Waals surface area contributed by atoms with E-state index >= 15 is 0 Å². The van der Waals surface area contributed by atoms with Gasteiger partial charge in [-0.15, -0.1) is 0 Å². The summed E-state index contributed by atoms with van der Waals surface area (Å²) in [4.78, 5) is 0. The second-order valence-electron chi connectivity index (χ2n) is 3.05. The van der Waals surface area contributed by atoms with Crippen LogP contribution in [0.3, 0.4) is 0 Å². The van der Waals surface area contributed by atoms with E-state index in [1.54, 1.807) is 18.2 Å². The lowest BCUT2D eigenvalue weighted by atomic mass is 10.1. The van der Waals surface area contributed by atoms with E-state index in [4.69, 9.17) is 21.1 Å². The third-order valence-corrected chi connectivity index (χ3v) is 2.25. The maximum absolute atomic E-state index is 13.4. The molecular formula is C11H8ClFO2. The fourth-order valence-electron chi connectivity index (χ4n) is 1.30. The van der Waals surface area contributed by atoms with Crippen LogP contribution in [0.5, 0.6) is 0 Å². The molecule has 2 nitrogen and oxygen atoms in total. The summed E-state index contributed by atoms with van der Waals surface area (Å²) in [5.41, 5.74) is 0.333. The summed E-state index contributed by atoms with van der Waals surface area (Å²) < 4.78 is 18.6. The predicted molar refractivity (Wildman–Crippen MR) is 55.0 cm³/mol. The highest BCUT2D eigenvalue weighted by molar-refractivity contribution is 6.30. The van der Waals surface area contributed by atoms with E-state index in [1.807, 2.05) is 0 Å². The monoisotopic (exact) mass is 226 g/mol. The van der Waals surface area contributed by atoms with Gasteiger partial charge in [0.2, 0.25) is 0 Å². The molecule has 0 fully saturated rings. The molecule has 0 aliphatic heterocycles. The Morgan fingerprint density at radius 3 is 2.67 bits per heavy atom. The van der Waals surface area contributed by atoms with Crippen LogP contribution >= 0.6 is 11.6 Å². The van der Waals surface area contributed by atoms with Crippen LogP contribution in [0.1, 0.15) is 5.76 Å². The highest BCUT2D eigenvalue weighted by Crippen LogP contribution is 2.26. The number of benzene rings is 1. The van der Waals surface area contributed by atoms with E-state index < -0.39 is 5.82 Å². The standard InChI is InChI=1S/C11H8ClFO2/c12-7-1-3-9(10(13)5-7)11-4-2-8(6-14)15-11/h1-5,14H,6H2. The largest absolute Gasteiger partial charge is 0.459 e. The molecule has 2 rings (SSSR count). The van der Waals surface area contributed by atoms with E-state index in [0.29, 0.717) is 22.1 Å². The topological polar surface area (TPSA) is 33.4 Å². The third-order valence-electron chi connectivity index (χ3n) is 2.01. The number of hydrogen-bond donors (Lipinski definition) is 1. The molecule has 0 saturated heterocycles. The van der Waals surface area contributed by atoms with E-state index in [1.165, 1.54) is 12.1 Å². The first kappa shape index (κ1) is 10.2. The Kier molecular flexibility index (Phi) is 2.75. The van der Waals surface area contributed by atoms with Crippen LogP contribution < -0.4 is 0 Å². The van der Waals surface area contributed by atoms with Gasteiger partial charge in [0.25, 0.3) is 0 Å². The highest BCUT2D eigenvalue weighted by atomic mass is 35.5. The van der Waals surface area contributed by atoms with Gasteiger partial charge >= 0.3 is 0 Å². The maximum atomic E-state index is 13.4. The smallest absolute Gasteiger partial charge is 0.137 e. The molecular weight excluding hydrogens is 219 g/mol. The summed E-state index contributed by atoms with van der Waals surface area (Å²) in [6, 6.07) is 7.55. The summed E-state index contributed by atoms with van der Waals surface area (Å²) in [5.74, 6) is 0.342. The van der Waals surface area contributed by atoms with Gasteiger partial charge in [-0.1, -0.05) is 11.6 Å². The summed E-state index contributed by atoms with van der Waals surface area (Å²) in [6.45, 7) is -0.199. The van der Waals surface area contributed by atoms with Crippen molar-refractivity contribution in [2.24, 2.45) is 0 Å². The molecule has 0 aliphatic rings. The lowest BCUT2D eigenvalue weighted by Crippen LogP contribution is -1.82. The van der Waals surface area contributed by atoms with Crippen molar-refractivity contribution in [1.82, 2.24) is 0 Å². The molecule has 0 spiro atoms. The molecule has 1 N–H and O–H groups in total. The van der Waals surface area contributed by atoms with Crippen molar-refractivity contribution in [2.45, 2.75) is 6.61 Å². The zero-order valence-corrected chi connectivity index (χ0v) is 8.46. The predicted octanol–water partition coefficient (Wildman–Crippen LogP) is 3.23. The van der Waals surface area contributed by atoms with Crippen molar-refractivity contribution < 1.29 is 13.9 Å². The summed E-state index contributed by atoms with van der Waals surface area (Å²) >= 11 is 5.63. The molecule has 0 bridgehead atoms. The molecule has 0 aliphatic carbocycles. The van der Waals surface area contributed by atoms with Crippen LogP contribution in [-0.4, -0.2) is 5.11 Å². The number of halogens is 2. The minimum absolute atomic E-state index is 0.199. The fraction of sp³-hybridized carbons (Fsp3) is 0.0909. The molecule has 78 valence electrons. The van der Waals surface area contributed by atoms with Crippen molar-refractivity contribution in [2.75, 3.05) is 0 Å². The van der Waals surface area contributed by atoms with Gasteiger partial charge < -0.3 is 9.52 Å². The van der Waals surface area contributed by atoms with Gasteiger partial charge in [0.15, 0.2) is 0 Å². The molecule has 1 aromatic heterocycles. The molecule has 1 heterocycles. The Morgan fingerprint density at radius 2 is 2.07 bits per heavy atom. The number of hydrogen-bond acceptors (Lipinski definition) is 2. The lowest BCUT2D eigenvalue weighted by molar-refractivity contribution is 0.248. The van der Waals surface area contributed by atoms with Crippen LogP contribution in [0.2, 0.25) is 5.02 Å². The molecule has 15 heavy (non-hydrogen) atoms. The Morgan fingerprint density at radius 1 is 1.27 bits per heavy atom. The van der Waals surface area contributed by atoms with Crippen molar-refractivity contribution in [1.29, 1.82) is 0 Å². The number of rotatable bonds is 2. The molecule has 0 unspecified atom stereocenters. The Hall–Kier alpha value is -1.32. The van der Waals surface area contributed by atoms with Crippen LogP contribution in [0.15, 0.2) is 34.7 Å². The SMILES string of the molecule is OCc1ccc(-c2ccc(Cl)cc2F)o1. The van der Waals surface area contributed by atoms with Crippen LogP contribution in [0.4, 0.5) is 4.39 Å². The molecule has 0 atom stereocenters. The van der Waals surface area contributed by atoms with Gasteiger partial charge in [0.05, 0.1) is 5.56 Å². The average Bonchev–Trinajstić information content (AvgIpc) is 2.66. The molecule has 0 amide bonds. The second-order valence-corrected chi connectivity index (χ2v) is 3.48. The van der Waals surface area contributed by atoms with Gasteiger partial charge in [0, 0.05) is 5.02 Å². The molecule has 2 aromatic rings. The summed E-state index contributed by atoms with van der Waals surface area (Å²) in [5, 5.41) is 9.14. The lowest BCUT2D eigenvalue weighted by Gasteiger charge is -1.99. The van der Waals surface area contributed by atoms with Crippen molar-refractivity contribution in [3.05, 3.63) is 46.9 Å². The Labute approximate surface area is 90.9 Å². The first-order valence-corrected chi connectivity index (χ1v) is 4.73. The van der Waals surface area contributed by atoms with Crippen molar-refractivity contribution in [3.63, 3.8) is 0 Å². The first-order valence-electron chi connectivity index (χ1n) is 4.35. The normalized spacial score (nSPS) is 10.6. The van der Waals surface area contributed by atoms with Crippen LogP contribution in [0.25, 0.3) is 11.3 Å². The van der Waals surface area contributed by atoms with Crippen molar-refractivity contribution in [3.8, 4) is 11.3 Å². The third kappa shape index (κ3) is 2.03. The maximum Gasteiger partial charge on any atom is 0.137 e. The molecule has 0 saturated carbocycles. The average molecular weight is 227 g/mol. The zero-order chi connectivity index (χ0) is 10.8. The Bertz CT molecular complexity index is 479. The quantitative estimate of drug-likeness (QED) is 0.853. The van der Waals surface area contributed by atoms with Crippen LogP contribution in [-0.2, 0) is 6.61 Å². The van der Waals surface area contributed by atoms with Gasteiger partial charge in [-0.25, -0.2) is 4.39 Å². The molecule has 4 heteroatoms. The fourth-order valence-corrected chi connectivity index (χ4v) is 1.46. The first-order chi connectivity index (χ1) is 7.20. The number of furan rings is 1. The molecule has 1 aromatic carbocycles.